The van der Waals surface area contributed by atoms with Crippen LogP contribution in [0.1, 0.15) is 16.8 Å². The number of aromatic hydroxyl groups is 2. The van der Waals surface area contributed by atoms with Crippen molar-refractivity contribution in [3.05, 3.63) is 42.0 Å². The quantitative estimate of drug-likeness (QED) is 0.716. The number of amides is 1. The van der Waals surface area contributed by atoms with Crippen LogP contribution in [0, 0.1) is 0 Å². The molecule has 26 heavy (non-hydrogen) atoms. The molecule has 0 saturated heterocycles. The molecule has 136 valence electrons. The average molecular weight is 359 g/mol. The van der Waals surface area contributed by atoms with E-state index < -0.39 is 24.2 Å². The maximum atomic E-state index is 12.0. The summed E-state index contributed by atoms with van der Waals surface area (Å²) in [7, 11) is 0. The highest BCUT2D eigenvalue weighted by Gasteiger charge is 2.16. The van der Waals surface area contributed by atoms with Gasteiger partial charge >= 0.3 is 5.97 Å². The van der Waals surface area contributed by atoms with Crippen LogP contribution < -0.4 is 14.8 Å². The number of phenolic OH excluding ortho intramolecular Hbond substituents is 2. The first-order chi connectivity index (χ1) is 12.5. The molecule has 1 amide bonds. The molecule has 0 atom stereocenters. The zero-order chi connectivity index (χ0) is 18.5. The van der Waals surface area contributed by atoms with E-state index in [0.717, 1.165) is 12.5 Å². The Morgan fingerprint density at radius 1 is 1.04 bits per heavy atom. The summed E-state index contributed by atoms with van der Waals surface area (Å²) in [6.45, 7) is 0.560. The number of hydrogen-bond acceptors (Lipinski definition) is 7. The lowest BCUT2D eigenvalue weighted by molar-refractivity contribution is -0.119. The lowest BCUT2D eigenvalue weighted by Crippen LogP contribution is -2.21. The molecule has 1 aliphatic heterocycles. The van der Waals surface area contributed by atoms with E-state index in [1.807, 2.05) is 0 Å². The number of esters is 1. The number of carbonyl (C=O) groups is 2. The first kappa shape index (κ1) is 17.4. The molecule has 0 aromatic heterocycles. The largest absolute Gasteiger partial charge is 0.508 e. The minimum atomic E-state index is -0.878. The van der Waals surface area contributed by atoms with E-state index in [-0.39, 0.29) is 11.3 Å². The second-order valence-electron chi connectivity index (χ2n) is 5.54. The number of phenols is 2. The van der Waals surface area contributed by atoms with Gasteiger partial charge < -0.3 is 29.7 Å². The van der Waals surface area contributed by atoms with E-state index in [1.165, 1.54) is 12.1 Å². The Bertz CT molecular complexity index is 834. The lowest BCUT2D eigenvalue weighted by Gasteiger charge is -2.11. The molecule has 3 rings (SSSR count). The van der Waals surface area contributed by atoms with E-state index in [9.17, 15) is 19.8 Å². The maximum Gasteiger partial charge on any atom is 0.342 e. The van der Waals surface area contributed by atoms with Crippen LogP contribution in [0.5, 0.6) is 23.0 Å². The molecule has 2 aromatic carbocycles. The SMILES string of the molecule is O=C(COC(=O)c1ccc(O)cc1O)Nc1ccc2c(c1)OCCCO2. The third kappa shape index (κ3) is 4.15. The molecular formula is C18H17NO7. The van der Waals surface area contributed by atoms with E-state index >= 15 is 0 Å². The van der Waals surface area contributed by atoms with Gasteiger partial charge in [0, 0.05) is 24.2 Å². The van der Waals surface area contributed by atoms with Gasteiger partial charge in [-0.25, -0.2) is 4.79 Å². The fourth-order valence-corrected chi connectivity index (χ4v) is 2.34. The standard InChI is InChI=1S/C18H17NO7/c20-12-3-4-13(14(21)9-12)18(23)26-10-17(22)19-11-2-5-15-16(8-11)25-7-1-6-24-15/h2-5,8-9,20-21H,1,6-7,10H2,(H,19,22). The predicted molar refractivity (Wildman–Crippen MR) is 90.7 cm³/mol. The number of benzene rings is 2. The molecule has 3 N–H and O–H groups in total. The molecule has 2 aromatic rings. The van der Waals surface area contributed by atoms with Crippen LogP contribution in [0.15, 0.2) is 36.4 Å². The highest BCUT2D eigenvalue weighted by Crippen LogP contribution is 2.32. The highest BCUT2D eigenvalue weighted by atomic mass is 16.5. The van der Waals surface area contributed by atoms with Gasteiger partial charge in [0.25, 0.3) is 5.91 Å². The zero-order valence-electron chi connectivity index (χ0n) is 13.7. The Hall–Kier alpha value is -3.42. The van der Waals surface area contributed by atoms with Gasteiger partial charge in [-0.3, -0.25) is 4.79 Å². The minimum absolute atomic E-state index is 0.147. The summed E-state index contributed by atoms with van der Waals surface area (Å²) in [4.78, 5) is 23.8. The van der Waals surface area contributed by atoms with Crippen molar-refractivity contribution in [2.45, 2.75) is 6.42 Å². The van der Waals surface area contributed by atoms with E-state index in [4.69, 9.17) is 14.2 Å². The van der Waals surface area contributed by atoms with Crippen LogP contribution in [0.4, 0.5) is 5.69 Å². The molecule has 8 heteroatoms. The maximum absolute atomic E-state index is 12.0. The van der Waals surface area contributed by atoms with Crippen molar-refractivity contribution < 1.29 is 34.0 Å². The topological polar surface area (TPSA) is 114 Å². The fourth-order valence-electron chi connectivity index (χ4n) is 2.34. The number of fused-ring (bicyclic) bond motifs is 1. The second-order valence-corrected chi connectivity index (χ2v) is 5.54. The predicted octanol–water partition coefficient (Wildman–Crippen LogP) is 2.05. The fraction of sp³-hybridized carbons (Fsp3) is 0.222. The molecule has 0 unspecified atom stereocenters. The zero-order valence-corrected chi connectivity index (χ0v) is 13.7. The Morgan fingerprint density at radius 3 is 2.58 bits per heavy atom. The molecule has 1 aliphatic rings. The van der Waals surface area contributed by atoms with E-state index in [0.29, 0.717) is 30.4 Å². The molecule has 0 bridgehead atoms. The van der Waals surface area contributed by atoms with Gasteiger partial charge in [0.1, 0.15) is 17.1 Å². The van der Waals surface area contributed by atoms with Crippen LogP contribution in [-0.2, 0) is 9.53 Å². The normalized spacial score (nSPS) is 12.8. The first-order valence-corrected chi connectivity index (χ1v) is 7.91. The smallest absolute Gasteiger partial charge is 0.342 e. The van der Waals surface area contributed by atoms with Gasteiger partial charge in [0.05, 0.1) is 13.2 Å². The van der Waals surface area contributed by atoms with Crippen LogP contribution in [-0.4, -0.2) is 41.9 Å². The van der Waals surface area contributed by atoms with E-state index in [1.54, 1.807) is 18.2 Å². The van der Waals surface area contributed by atoms with Crippen molar-refractivity contribution in [3.8, 4) is 23.0 Å². The summed E-state index contributed by atoms with van der Waals surface area (Å²) >= 11 is 0. The molecule has 0 spiro atoms. The average Bonchev–Trinajstić information content (AvgIpc) is 2.84. The molecule has 0 aliphatic carbocycles. The van der Waals surface area contributed by atoms with Crippen molar-refractivity contribution in [3.63, 3.8) is 0 Å². The van der Waals surface area contributed by atoms with Gasteiger partial charge in [-0.05, 0) is 24.3 Å². The van der Waals surface area contributed by atoms with Crippen LogP contribution >= 0.6 is 0 Å². The highest BCUT2D eigenvalue weighted by molar-refractivity contribution is 5.97. The van der Waals surface area contributed by atoms with Gasteiger partial charge in [-0.15, -0.1) is 0 Å². The summed E-state index contributed by atoms with van der Waals surface area (Å²) in [5.74, 6) is -0.909. The number of hydrogen-bond donors (Lipinski definition) is 3. The molecule has 1 heterocycles. The monoisotopic (exact) mass is 359 g/mol. The summed E-state index contributed by atoms with van der Waals surface area (Å²) in [6, 6.07) is 8.42. The van der Waals surface area contributed by atoms with Gasteiger partial charge in [0.15, 0.2) is 18.1 Å². The number of carbonyl (C=O) groups excluding carboxylic acids is 2. The van der Waals surface area contributed by atoms with Crippen LogP contribution in [0.25, 0.3) is 0 Å². The van der Waals surface area contributed by atoms with Crippen molar-refractivity contribution >= 4 is 17.6 Å². The molecular weight excluding hydrogens is 342 g/mol. The van der Waals surface area contributed by atoms with Gasteiger partial charge in [0.2, 0.25) is 0 Å². The molecule has 0 radical (unpaired) electrons. The third-order valence-electron chi connectivity index (χ3n) is 3.57. The summed E-state index contributed by atoms with van der Waals surface area (Å²) < 4.78 is 15.9. The number of rotatable bonds is 4. The van der Waals surface area contributed by atoms with Gasteiger partial charge in [-0.2, -0.15) is 0 Å². The van der Waals surface area contributed by atoms with Crippen LogP contribution in [0.3, 0.4) is 0 Å². The Kier molecular flexibility index (Phi) is 5.12. The van der Waals surface area contributed by atoms with Crippen molar-refractivity contribution in [2.24, 2.45) is 0 Å². The third-order valence-corrected chi connectivity index (χ3v) is 3.57. The van der Waals surface area contributed by atoms with E-state index in [2.05, 4.69) is 5.32 Å². The van der Waals surface area contributed by atoms with Crippen molar-refractivity contribution in [1.82, 2.24) is 0 Å². The van der Waals surface area contributed by atoms with Crippen molar-refractivity contribution in [1.29, 1.82) is 0 Å². The summed E-state index contributed by atoms with van der Waals surface area (Å²) in [6.07, 6.45) is 0.774. The number of ether oxygens (including phenoxy) is 3. The minimum Gasteiger partial charge on any atom is -0.508 e. The lowest BCUT2D eigenvalue weighted by atomic mass is 10.2. The molecule has 0 saturated carbocycles. The number of nitrogens with one attached hydrogen (secondary N) is 1. The summed E-state index contributed by atoms with van der Waals surface area (Å²) in [5, 5.41) is 21.4. The molecule has 0 fully saturated rings. The second kappa shape index (κ2) is 7.64. The Morgan fingerprint density at radius 2 is 1.81 bits per heavy atom. The van der Waals surface area contributed by atoms with Gasteiger partial charge in [-0.1, -0.05) is 0 Å². The van der Waals surface area contributed by atoms with Crippen LogP contribution in [0.2, 0.25) is 0 Å². The van der Waals surface area contributed by atoms with Crippen molar-refractivity contribution in [2.75, 3.05) is 25.1 Å². The summed E-state index contributed by atoms with van der Waals surface area (Å²) in [5.41, 5.74) is 0.328. The Labute approximate surface area is 148 Å². The number of anilines is 1. The Balaban J connectivity index is 1.57. The molecule has 8 nitrogen and oxygen atoms in total. The first-order valence-electron chi connectivity index (χ1n) is 7.91.